The molecule has 88 valence electrons. The van der Waals surface area contributed by atoms with Gasteiger partial charge in [0.05, 0.1) is 11.4 Å². The summed E-state index contributed by atoms with van der Waals surface area (Å²) in [5.41, 5.74) is 2.87. The lowest BCUT2D eigenvalue weighted by molar-refractivity contribution is 1.03. The number of nitrogens with two attached hydrogens (primary N) is 1. The van der Waals surface area contributed by atoms with Crippen LogP contribution in [0.1, 0.15) is 11.3 Å². The average molecular weight is 229 g/mol. The monoisotopic (exact) mass is 229 g/mol. The molecule has 2 aromatic rings. The molecule has 0 saturated heterocycles. The Morgan fingerprint density at radius 2 is 1.82 bits per heavy atom. The van der Waals surface area contributed by atoms with Crippen molar-refractivity contribution in [1.82, 2.24) is 4.98 Å². The molecular weight excluding hydrogens is 214 g/mol. The van der Waals surface area contributed by atoms with Crippen LogP contribution in [0.5, 0.6) is 0 Å². The van der Waals surface area contributed by atoms with Crippen LogP contribution in [0.15, 0.2) is 41.2 Å². The molecule has 0 aliphatic rings. The van der Waals surface area contributed by atoms with Crippen molar-refractivity contribution in [1.29, 1.82) is 0 Å². The highest BCUT2D eigenvalue weighted by atomic mass is 16.1. The molecule has 4 heteroatoms. The summed E-state index contributed by atoms with van der Waals surface area (Å²) in [7, 11) is 0. The van der Waals surface area contributed by atoms with Gasteiger partial charge in [-0.25, -0.2) is 5.84 Å². The van der Waals surface area contributed by atoms with Crippen LogP contribution in [-0.4, -0.2) is 4.98 Å². The molecule has 0 saturated carbocycles. The Morgan fingerprint density at radius 1 is 1.18 bits per heavy atom. The number of aromatic nitrogens is 1. The average Bonchev–Trinajstić information content (AvgIpc) is 2.34. The molecule has 0 unspecified atom stereocenters. The summed E-state index contributed by atoms with van der Waals surface area (Å²) in [5, 5.41) is 1.53. The number of aryl methyl sites for hydroxylation is 1. The van der Waals surface area contributed by atoms with E-state index in [1.54, 1.807) is 6.92 Å². The number of benzene rings is 1. The lowest BCUT2D eigenvalue weighted by atomic mass is 10.2. The molecule has 0 bridgehead atoms. The van der Waals surface area contributed by atoms with E-state index < -0.39 is 0 Å². The predicted molar refractivity (Wildman–Crippen MR) is 69.3 cm³/mol. The minimum Gasteiger partial charge on any atom is -0.326 e. The van der Waals surface area contributed by atoms with Crippen molar-refractivity contribution in [2.45, 2.75) is 13.8 Å². The number of H-pyrrole nitrogens is 1. The van der Waals surface area contributed by atoms with Crippen LogP contribution in [0.4, 0.5) is 11.4 Å². The molecule has 0 fully saturated rings. The Balaban J connectivity index is 2.51. The zero-order chi connectivity index (χ0) is 12.4. The van der Waals surface area contributed by atoms with Gasteiger partial charge < -0.3 is 4.98 Å². The molecular formula is C13H15N3O. The fourth-order valence-corrected chi connectivity index (χ4v) is 1.72. The number of nitrogens with one attached hydrogen (secondary N) is 1. The second-order valence-corrected chi connectivity index (χ2v) is 4.00. The number of anilines is 2. The fraction of sp³-hybridized carbons (Fsp3) is 0.154. The first-order valence-electron chi connectivity index (χ1n) is 5.40. The summed E-state index contributed by atoms with van der Waals surface area (Å²) in [5.74, 6) is 6.04. The van der Waals surface area contributed by atoms with E-state index in [2.05, 4.69) is 4.98 Å². The highest BCUT2D eigenvalue weighted by Crippen LogP contribution is 2.23. The molecule has 0 aliphatic heterocycles. The Morgan fingerprint density at radius 3 is 2.47 bits per heavy atom. The second kappa shape index (κ2) is 4.43. The van der Waals surface area contributed by atoms with Gasteiger partial charge >= 0.3 is 0 Å². The third-order valence-corrected chi connectivity index (χ3v) is 2.68. The van der Waals surface area contributed by atoms with Gasteiger partial charge in [0.25, 0.3) is 5.56 Å². The molecule has 1 aromatic carbocycles. The molecule has 1 aromatic heterocycles. The number of hydrazine groups is 1. The molecule has 3 N–H and O–H groups in total. The minimum atomic E-state index is -0.105. The Bertz CT molecular complexity index is 575. The Hall–Kier alpha value is -2.07. The summed E-state index contributed by atoms with van der Waals surface area (Å²) >= 11 is 0. The van der Waals surface area contributed by atoms with Crippen LogP contribution in [0.3, 0.4) is 0 Å². The summed E-state index contributed by atoms with van der Waals surface area (Å²) in [6.45, 7) is 3.60. The van der Waals surface area contributed by atoms with E-state index in [1.165, 1.54) is 5.01 Å². The van der Waals surface area contributed by atoms with Crippen molar-refractivity contribution >= 4 is 11.4 Å². The zero-order valence-corrected chi connectivity index (χ0v) is 9.90. The van der Waals surface area contributed by atoms with Crippen LogP contribution in [-0.2, 0) is 0 Å². The Kier molecular flexibility index (Phi) is 2.97. The lowest BCUT2D eigenvalue weighted by Gasteiger charge is -2.20. The topological polar surface area (TPSA) is 62.1 Å². The standard InChI is InChI=1S/C13H15N3O/c1-9-8-12(10(2)13(17)15-9)16(14)11-6-4-3-5-7-11/h3-8H,14H2,1-2H3,(H,15,17). The third kappa shape index (κ3) is 2.21. The molecule has 1 heterocycles. The van der Waals surface area contributed by atoms with E-state index in [1.807, 2.05) is 43.3 Å². The summed E-state index contributed by atoms with van der Waals surface area (Å²) < 4.78 is 0. The van der Waals surface area contributed by atoms with E-state index in [-0.39, 0.29) is 5.56 Å². The molecule has 0 aliphatic carbocycles. The van der Waals surface area contributed by atoms with Gasteiger partial charge in [-0.2, -0.15) is 0 Å². The molecule has 17 heavy (non-hydrogen) atoms. The van der Waals surface area contributed by atoms with E-state index >= 15 is 0 Å². The molecule has 4 nitrogen and oxygen atoms in total. The van der Waals surface area contributed by atoms with Crippen LogP contribution in [0.2, 0.25) is 0 Å². The number of para-hydroxylation sites is 1. The maximum absolute atomic E-state index is 11.7. The van der Waals surface area contributed by atoms with Gasteiger partial charge in [0.15, 0.2) is 0 Å². The van der Waals surface area contributed by atoms with Gasteiger partial charge in [0, 0.05) is 11.3 Å². The molecule has 0 atom stereocenters. The largest absolute Gasteiger partial charge is 0.326 e. The normalized spacial score (nSPS) is 10.3. The first kappa shape index (κ1) is 11.4. The van der Waals surface area contributed by atoms with Gasteiger partial charge in [-0.05, 0) is 32.0 Å². The third-order valence-electron chi connectivity index (χ3n) is 2.68. The second-order valence-electron chi connectivity index (χ2n) is 4.00. The van der Waals surface area contributed by atoms with Crippen LogP contribution < -0.4 is 16.4 Å². The first-order valence-corrected chi connectivity index (χ1v) is 5.40. The molecule has 0 spiro atoms. The van der Waals surface area contributed by atoms with Gasteiger partial charge in [0.2, 0.25) is 0 Å². The first-order chi connectivity index (χ1) is 8.09. The van der Waals surface area contributed by atoms with Crippen LogP contribution in [0.25, 0.3) is 0 Å². The maximum atomic E-state index is 11.7. The minimum absolute atomic E-state index is 0.105. The quantitative estimate of drug-likeness (QED) is 0.611. The number of hydrogen-bond acceptors (Lipinski definition) is 3. The molecule has 0 radical (unpaired) electrons. The smallest absolute Gasteiger partial charge is 0.253 e. The van der Waals surface area contributed by atoms with Crippen LogP contribution >= 0.6 is 0 Å². The van der Waals surface area contributed by atoms with Crippen molar-refractivity contribution < 1.29 is 0 Å². The summed E-state index contributed by atoms with van der Waals surface area (Å²) in [4.78, 5) is 14.4. The highest BCUT2D eigenvalue weighted by molar-refractivity contribution is 5.64. The van der Waals surface area contributed by atoms with Gasteiger partial charge in [-0.1, -0.05) is 18.2 Å². The Labute approximate surface area is 99.7 Å². The van der Waals surface area contributed by atoms with Crippen molar-refractivity contribution in [3.63, 3.8) is 0 Å². The number of hydrogen-bond donors (Lipinski definition) is 2. The summed E-state index contributed by atoms with van der Waals surface area (Å²) in [6.07, 6.45) is 0. The fourth-order valence-electron chi connectivity index (χ4n) is 1.72. The molecule has 2 rings (SSSR count). The van der Waals surface area contributed by atoms with Gasteiger partial charge in [-0.15, -0.1) is 0 Å². The van der Waals surface area contributed by atoms with Crippen LogP contribution in [0, 0.1) is 13.8 Å². The van der Waals surface area contributed by atoms with E-state index in [9.17, 15) is 4.79 Å². The van der Waals surface area contributed by atoms with Crippen molar-refractivity contribution in [2.24, 2.45) is 5.84 Å². The number of aromatic amines is 1. The number of nitrogens with zero attached hydrogens (tertiary/aromatic N) is 1. The van der Waals surface area contributed by atoms with Crippen molar-refractivity contribution in [3.8, 4) is 0 Å². The number of pyridine rings is 1. The van der Waals surface area contributed by atoms with Crippen molar-refractivity contribution in [2.75, 3.05) is 5.01 Å². The number of rotatable bonds is 2. The van der Waals surface area contributed by atoms with E-state index in [4.69, 9.17) is 5.84 Å². The zero-order valence-electron chi connectivity index (χ0n) is 9.90. The van der Waals surface area contributed by atoms with Gasteiger partial charge in [-0.3, -0.25) is 9.80 Å². The van der Waals surface area contributed by atoms with E-state index in [0.29, 0.717) is 5.56 Å². The summed E-state index contributed by atoms with van der Waals surface area (Å²) in [6, 6.07) is 11.4. The SMILES string of the molecule is Cc1cc(N(N)c2ccccc2)c(C)c(=O)[nH]1. The maximum Gasteiger partial charge on any atom is 0.253 e. The lowest BCUT2D eigenvalue weighted by Crippen LogP contribution is -2.28. The molecule has 0 amide bonds. The van der Waals surface area contributed by atoms with Gasteiger partial charge in [0.1, 0.15) is 0 Å². The predicted octanol–water partition coefficient (Wildman–Crippen LogP) is 2.00. The van der Waals surface area contributed by atoms with Crippen molar-refractivity contribution in [3.05, 3.63) is 58.0 Å². The highest BCUT2D eigenvalue weighted by Gasteiger charge is 2.10. The van der Waals surface area contributed by atoms with E-state index in [0.717, 1.165) is 17.1 Å².